The molecule has 0 aliphatic heterocycles. The van der Waals surface area contributed by atoms with E-state index >= 15 is 0 Å². The van der Waals surface area contributed by atoms with E-state index in [1.807, 2.05) is 0 Å². The third-order valence-corrected chi connectivity index (χ3v) is 3.51. The van der Waals surface area contributed by atoms with E-state index in [0.29, 0.717) is 11.0 Å². The number of isocyanates is 1. The van der Waals surface area contributed by atoms with Crippen molar-refractivity contribution in [2.45, 2.75) is 38.0 Å². The van der Waals surface area contributed by atoms with E-state index < -0.39 is 0 Å². The van der Waals surface area contributed by atoms with Crippen LogP contribution in [0.15, 0.2) is 4.99 Å². The van der Waals surface area contributed by atoms with Gasteiger partial charge in [-0.05, 0) is 12.8 Å². The first-order chi connectivity index (χ1) is 6.90. The van der Waals surface area contributed by atoms with Crippen LogP contribution in [0.2, 0.25) is 0 Å². The van der Waals surface area contributed by atoms with Crippen molar-refractivity contribution in [3.63, 3.8) is 0 Å². The maximum atomic E-state index is 10.0. The zero-order valence-electron chi connectivity index (χ0n) is 7.77. The molecule has 2 rings (SSSR count). The topological polar surface area (TPSA) is 55.2 Å². The van der Waals surface area contributed by atoms with Crippen LogP contribution in [0, 0.1) is 0 Å². The molecule has 0 N–H and O–H groups in total. The van der Waals surface area contributed by atoms with Gasteiger partial charge in [-0.2, -0.15) is 0 Å². The Kier molecular flexibility index (Phi) is 3.01. The predicted octanol–water partition coefficient (Wildman–Crippen LogP) is 2.55. The highest BCUT2D eigenvalue weighted by Gasteiger charge is 2.19. The van der Waals surface area contributed by atoms with Gasteiger partial charge in [-0.25, -0.2) is 4.79 Å². The number of nitrogens with zero attached hydrogens (tertiary/aromatic N) is 3. The van der Waals surface area contributed by atoms with Crippen molar-refractivity contribution in [2.75, 3.05) is 0 Å². The van der Waals surface area contributed by atoms with Crippen LogP contribution in [0.3, 0.4) is 0 Å². The van der Waals surface area contributed by atoms with Gasteiger partial charge in [0.15, 0.2) is 0 Å². The van der Waals surface area contributed by atoms with Crippen LogP contribution < -0.4 is 0 Å². The van der Waals surface area contributed by atoms with Gasteiger partial charge in [0.05, 0.1) is 0 Å². The molecule has 0 spiro atoms. The van der Waals surface area contributed by atoms with Gasteiger partial charge in [0.2, 0.25) is 11.2 Å². The summed E-state index contributed by atoms with van der Waals surface area (Å²) in [5, 5.41) is 9.33. The Labute approximate surface area is 86.1 Å². The molecular formula is C9H11N3OS. The Morgan fingerprint density at radius 3 is 2.79 bits per heavy atom. The molecule has 0 unspecified atom stereocenters. The number of aromatic nitrogens is 2. The van der Waals surface area contributed by atoms with Gasteiger partial charge in [-0.1, -0.05) is 30.6 Å². The molecule has 0 aromatic carbocycles. The van der Waals surface area contributed by atoms with Crippen LogP contribution in [0.4, 0.5) is 5.13 Å². The molecule has 1 aromatic rings. The van der Waals surface area contributed by atoms with E-state index in [9.17, 15) is 4.79 Å². The van der Waals surface area contributed by atoms with Crippen molar-refractivity contribution < 1.29 is 4.79 Å². The van der Waals surface area contributed by atoms with Crippen molar-refractivity contribution in [3.05, 3.63) is 5.01 Å². The number of rotatable bonds is 2. The third kappa shape index (κ3) is 2.05. The van der Waals surface area contributed by atoms with Gasteiger partial charge < -0.3 is 0 Å². The highest BCUT2D eigenvalue weighted by Crippen LogP contribution is 2.35. The molecule has 14 heavy (non-hydrogen) atoms. The molecule has 1 aliphatic rings. The lowest BCUT2D eigenvalue weighted by Crippen LogP contribution is -2.03. The van der Waals surface area contributed by atoms with E-state index in [1.165, 1.54) is 49.5 Å². The molecule has 1 aliphatic carbocycles. The van der Waals surface area contributed by atoms with E-state index in [-0.39, 0.29) is 0 Å². The first kappa shape index (κ1) is 9.49. The standard InChI is InChI=1S/C9H11N3OS/c13-6-10-9-12-11-8(14-9)7-4-2-1-3-5-7/h7H,1-5H2. The third-order valence-electron chi connectivity index (χ3n) is 2.53. The van der Waals surface area contributed by atoms with Gasteiger partial charge in [-0.3, -0.25) is 0 Å². The summed E-state index contributed by atoms with van der Waals surface area (Å²) in [4.78, 5) is 13.5. The summed E-state index contributed by atoms with van der Waals surface area (Å²) in [6.07, 6.45) is 7.75. The normalized spacial score (nSPS) is 17.7. The average Bonchev–Trinajstić information content (AvgIpc) is 2.68. The minimum Gasteiger partial charge on any atom is -0.211 e. The van der Waals surface area contributed by atoms with Gasteiger partial charge in [0.25, 0.3) is 0 Å². The zero-order valence-corrected chi connectivity index (χ0v) is 8.59. The first-order valence-corrected chi connectivity index (χ1v) is 5.63. The van der Waals surface area contributed by atoms with Crippen LogP contribution in [0.1, 0.15) is 43.0 Å². The second-order valence-corrected chi connectivity index (χ2v) is 4.45. The van der Waals surface area contributed by atoms with Gasteiger partial charge in [-0.15, -0.1) is 15.2 Å². The van der Waals surface area contributed by atoms with Crippen LogP contribution in [0.5, 0.6) is 0 Å². The Hall–Kier alpha value is -1.06. The lowest BCUT2D eigenvalue weighted by molar-refractivity contribution is 0.440. The molecule has 0 radical (unpaired) electrons. The predicted molar refractivity (Wildman–Crippen MR) is 53.5 cm³/mol. The molecule has 0 saturated heterocycles. The summed E-state index contributed by atoms with van der Waals surface area (Å²) in [5.74, 6) is 0.539. The van der Waals surface area contributed by atoms with Gasteiger partial charge >= 0.3 is 0 Å². The minimum atomic E-state index is 0.431. The molecule has 4 nitrogen and oxygen atoms in total. The SMILES string of the molecule is O=C=Nc1nnc(C2CCCCC2)s1. The molecular weight excluding hydrogens is 198 g/mol. The second-order valence-electron chi connectivity index (χ2n) is 3.46. The summed E-state index contributed by atoms with van der Waals surface area (Å²) < 4.78 is 0. The number of aliphatic imine (C=N–C) groups is 1. The lowest BCUT2D eigenvalue weighted by atomic mass is 9.90. The highest BCUT2D eigenvalue weighted by molar-refractivity contribution is 7.15. The summed E-state index contributed by atoms with van der Waals surface area (Å²) in [7, 11) is 0. The molecule has 0 amide bonds. The van der Waals surface area contributed by atoms with E-state index in [2.05, 4.69) is 15.2 Å². The van der Waals surface area contributed by atoms with Crippen LogP contribution in [0.25, 0.3) is 0 Å². The Balaban J connectivity index is 2.10. The number of hydrogen-bond acceptors (Lipinski definition) is 5. The maximum absolute atomic E-state index is 10.0. The van der Waals surface area contributed by atoms with Crippen molar-refractivity contribution >= 4 is 22.5 Å². The molecule has 5 heteroatoms. The van der Waals surface area contributed by atoms with Crippen LogP contribution >= 0.6 is 11.3 Å². The fourth-order valence-corrected chi connectivity index (χ4v) is 2.66. The lowest BCUT2D eigenvalue weighted by Gasteiger charge is -2.18. The number of carbonyl (C=O) groups excluding carboxylic acids is 1. The van der Waals surface area contributed by atoms with Crippen LogP contribution in [-0.2, 0) is 4.79 Å². The molecule has 74 valence electrons. The summed E-state index contributed by atoms with van der Waals surface area (Å²) >= 11 is 1.41. The van der Waals surface area contributed by atoms with Crippen molar-refractivity contribution in [1.82, 2.24) is 10.2 Å². The minimum absolute atomic E-state index is 0.431. The Bertz CT molecular complexity index is 351. The van der Waals surface area contributed by atoms with E-state index in [4.69, 9.17) is 0 Å². The average molecular weight is 209 g/mol. The van der Waals surface area contributed by atoms with E-state index in [0.717, 1.165) is 5.01 Å². The summed E-state index contributed by atoms with van der Waals surface area (Å²) in [5.41, 5.74) is 0. The summed E-state index contributed by atoms with van der Waals surface area (Å²) in [6, 6.07) is 0. The fourth-order valence-electron chi connectivity index (χ4n) is 1.83. The first-order valence-electron chi connectivity index (χ1n) is 4.81. The molecule has 0 atom stereocenters. The summed E-state index contributed by atoms with van der Waals surface area (Å²) in [6.45, 7) is 0. The number of hydrogen-bond donors (Lipinski definition) is 0. The van der Waals surface area contributed by atoms with Crippen molar-refractivity contribution in [3.8, 4) is 0 Å². The fraction of sp³-hybridized carbons (Fsp3) is 0.667. The quantitative estimate of drug-likeness (QED) is 0.555. The largest absolute Gasteiger partial charge is 0.242 e. The van der Waals surface area contributed by atoms with E-state index in [1.54, 1.807) is 0 Å². The highest BCUT2D eigenvalue weighted by atomic mass is 32.1. The maximum Gasteiger partial charge on any atom is 0.242 e. The monoisotopic (exact) mass is 209 g/mol. The molecule has 1 heterocycles. The second kappa shape index (κ2) is 4.44. The van der Waals surface area contributed by atoms with Crippen molar-refractivity contribution in [1.29, 1.82) is 0 Å². The van der Waals surface area contributed by atoms with Gasteiger partial charge in [0.1, 0.15) is 5.01 Å². The molecule has 0 bridgehead atoms. The van der Waals surface area contributed by atoms with Gasteiger partial charge in [0, 0.05) is 5.92 Å². The zero-order chi connectivity index (χ0) is 9.80. The smallest absolute Gasteiger partial charge is 0.211 e. The molecule has 1 fully saturated rings. The molecule has 1 saturated carbocycles. The Morgan fingerprint density at radius 1 is 1.29 bits per heavy atom. The Morgan fingerprint density at radius 2 is 2.07 bits per heavy atom. The van der Waals surface area contributed by atoms with Crippen molar-refractivity contribution in [2.24, 2.45) is 4.99 Å². The van der Waals surface area contributed by atoms with Crippen LogP contribution in [-0.4, -0.2) is 16.3 Å². The molecule has 1 aromatic heterocycles.